The third kappa shape index (κ3) is 1.94. The van der Waals surface area contributed by atoms with Gasteiger partial charge in [-0.1, -0.05) is 0 Å². The molecular formula is C7H16N2O. The van der Waals surface area contributed by atoms with Crippen molar-refractivity contribution in [3.8, 4) is 0 Å². The summed E-state index contributed by atoms with van der Waals surface area (Å²) in [5.74, 6) is 0. The predicted octanol–water partition coefficient (Wildman–Crippen LogP) is 0.232. The van der Waals surface area contributed by atoms with Gasteiger partial charge in [-0.3, -0.25) is 5.43 Å². The van der Waals surface area contributed by atoms with Crippen LogP contribution in [-0.4, -0.2) is 38.4 Å². The van der Waals surface area contributed by atoms with Crippen molar-refractivity contribution in [1.29, 1.82) is 0 Å². The Morgan fingerprint density at radius 3 is 2.50 bits per heavy atom. The number of hydrogen-bond donors (Lipinski definition) is 1. The predicted molar refractivity (Wildman–Crippen MR) is 40.7 cm³/mol. The monoisotopic (exact) mass is 144 g/mol. The first kappa shape index (κ1) is 7.98. The van der Waals surface area contributed by atoms with Crippen LogP contribution in [0.3, 0.4) is 0 Å². The molecule has 0 spiro atoms. The molecule has 1 aliphatic rings. The van der Waals surface area contributed by atoms with E-state index in [1.807, 2.05) is 7.05 Å². The molecule has 0 atom stereocenters. The van der Waals surface area contributed by atoms with Crippen molar-refractivity contribution in [2.24, 2.45) is 0 Å². The number of hydrogen-bond acceptors (Lipinski definition) is 3. The van der Waals surface area contributed by atoms with Crippen molar-refractivity contribution in [2.75, 3.05) is 27.3 Å². The Morgan fingerprint density at radius 2 is 2.00 bits per heavy atom. The maximum absolute atomic E-state index is 5.24. The first-order valence-corrected chi connectivity index (χ1v) is 3.82. The van der Waals surface area contributed by atoms with E-state index < -0.39 is 0 Å². The Labute approximate surface area is 62.3 Å². The number of ether oxygens (including phenoxy) is 1. The first-order valence-electron chi connectivity index (χ1n) is 3.82. The highest BCUT2D eigenvalue weighted by atomic mass is 16.5. The Morgan fingerprint density at radius 1 is 1.40 bits per heavy atom. The van der Waals surface area contributed by atoms with Gasteiger partial charge in [-0.15, -0.1) is 0 Å². The molecule has 1 saturated heterocycles. The van der Waals surface area contributed by atoms with Crippen LogP contribution in [0.5, 0.6) is 0 Å². The van der Waals surface area contributed by atoms with E-state index in [1.54, 1.807) is 0 Å². The molecule has 3 heteroatoms. The highest BCUT2D eigenvalue weighted by molar-refractivity contribution is 4.68. The highest BCUT2D eigenvalue weighted by Crippen LogP contribution is 2.09. The number of rotatable bonds is 2. The summed E-state index contributed by atoms with van der Waals surface area (Å²) in [6.07, 6.45) is 2.30. The third-order valence-electron chi connectivity index (χ3n) is 2.09. The molecule has 0 aromatic heterocycles. The minimum Gasteiger partial charge on any atom is -0.381 e. The molecular weight excluding hydrogens is 128 g/mol. The maximum atomic E-state index is 5.24. The van der Waals surface area contributed by atoms with Gasteiger partial charge in [0.15, 0.2) is 0 Å². The van der Waals surface area contributed by atoms with Gasteiger partial charge in [0.2, 0.25) is 0 Å². The highest BCUT2D eigenvalue weighted by Gasteiger charge is 2.16. The van der Waals surface area contributed by atoms with Crippen LogP contribution in [0.2, 0.25) is 0 Å². The summed E-state index contributed by atoms with van der Waals surface area (Å²) in [5, 5.41) is 2.16. The minimum absolute atomic E-state index is 0.666. The van der Waals surface area contributed by atoms with E-state index in [1.165, 1.54) is 0 Å². The van der Waals surface area contributed by atoms with Gasteiger partial charge in [-0.25, -0.2) is 5.01 Å². The normalized spacial score (nSPS) is 21.9. The van der Waals surface area contributed by atoms with E-state index in [4.69, 9.17) is 4.74 Å². The molecule has 0 aromatic carbocycles. The second kappa shape index (κ2) is 3.91. The smallest absolute Gasteiger partial charge is 0.0481 e. The molecule has 3 nitrogen and oxygen atoms in total. The summed E-state index contributed by atoms with van der Waals surface area (Å²) in [6.45, 7) is 1.83. The topological polar surface area (TPSA) is 24.5 Å². The molecule has 1 fully saturated rings. The van der Waals surface area contributed by atoms with Crippen LogP contribution in [0.1, 0.15) is 12.8 Å². The summed E-state index contributed by atoms with van der Waals surface area (Å²) < 4.78 is 5.24. The molecule has 10 heavy (non-hydrogen) atoms. The molecule has 60 valence electrons. The van der Waals surface area contributed by atoms with Crippen molar-refractivity contribution >= 4 is 0 Å². The van der Waals surface area contributed by atoms with Gasteiger partial charge >= 0.3 is 0 Å². The van der Waals surface area contributed by atoms with Gasteiger partial charge in [0, 0.05) is 26.3 Å². The van der Waals surface area contributed by atoms with Crippen molar-refractivity contribution < 1.29 is 4.74 Å². The maximum Gasteiger partial charge on any atom is 0.0481 e. The van der Waals surface area contributed by atoms with Gasteiger partial charge in [0.05, 0.1) is 0 Å². The van der Waals surface area contributed by atoms with E-state index in [0.717, 1.165) is 26.1 Å². The number of nitrogens with one attached hydrogen (secondary N) is 1. The zero-order chi connectivity index (χ0) is 7.40. The number of nitrogens with zero attached hydrogens (tertiary/aromatic N) is 1. The summed E-state index contributed by atoms with van der Waals surface area (Å²) in [5.41, 5.74) is 3.11. The SMILES string of the molecule is CNN(C)C1CCOCC1. The van der Waals surface area contributed by atoms with Gasteiger partial charge in [0.25, 0.3) is 0 Å². The van der Waals surface area contributed by atoms with Gasteiger partial charge < -0.3 is 4.74 Å². The zero-order valence-corrected chi connectivity index (χ0v) is 6.76. The quantitative estimate of drug-likeness (QED) is 0.561. The molecule has 0 aromatic rings. The Hall–Kier alpha value is -0.120. The van der Waals surface area contributed by atoms with Crippen molar-refractivity contribution in [2.45, 2.75) is 18.9 Å². The fourth-order valence-corrected chi connectivity index (χ4v) is 1.26. The van der Waals surface area contributed by atoms with Gasteiger partial charge in [0.1, 0.15) is 0 Å². The minimum atomic E-state index is 0.666. The van der Waals surface area contributed by atoms with Crippen molar-refractivity contribution in [1.82, 2.24) is 10.4 Å². The lowest BCUT2D eigenvalue weighted by atomic mass is 10.1. The lowest BCUT2D eigenvalue weighted by Gasteiger charge is -2.30. The second-order valence-electron chi connectivity index (χ2n) is 2.68. The molecule has 1 N–H and O–H groups in total. The zero-order valence-electron chi connectivity index (χ0n) is 6.76. The lowest BCUT2D eigenvalue weighted by Crippen LogP contribution is -2.43. The summed E-state index contributed by atoms with van der Waals surface area (Å²) >= 11 is 0. The van der Waals surface area contributed by atoms with Gasteiger partial charge in [-0.2, -0.15) is 0 Å². The van der Waals surface area contributed by atoms with E-state index in [0.29, 0.717) is 6.04 Å². The fourth-order valence-electron chi connectivity index (χ4n) is 1.26. The molecule has 0 radical (unpaired) electrons. The average Bonchev–Trinajstić information content (AvgIpc) is 2.05. The standard InChI is InChI=1S/C7H16N2O/c1-8-9(2)7-3-5-10-6-4-7/h7-8H,3-6H2,1-2H3. The molecule has 0 bridgehead atoms. The summed E-state index contributed by atoms with van der Waals surface area (Å²) in [4.78, 5) is 0. The first-order chi connectivity index (χ1) is 4.84. The average molecular weight is 144 g/mol. The fraction of sp³-hybridized carbons (Fsp3) is 1.00. The number of hydrazine groups is 1. The van der Waals surface area contributed by atoms with Crippen LogP contribution >= 0.6 is 0 Å². The van der Waals surface area contributed by atoms with Crippen LogP contribution < -0.4 is 5.43 Å². The molecule has 0 amide bonds. The van der Waals surface area contributed by atoms with E-state index in [9.17, 15) is 0 Å². The van der Waals surface area contributed by atoms with E-state index in [-0.39, 0.29) is 0 Å². The van der Waals surface area contributed by atoms with Crippen molar-refractivity contribution in [3.63, 3.8) is 0 Å². The van der Waals surface area contributed by atoms with Gasteiger partial charge in [-0.05, 0) is 19.9 Å². The van der Waals surface area contributed by atoms with Crippen LogP contribution in [0.15, 0.2) is 0 Å². The molecule has 0 saturated carbocycles. The Bertz CT molecular complexity index is 91.6. The van der Waals surface area contributed by atoms with Crippen LogP contribution in [0, 0.1) is 0 Å². The molecule has 1 rings (SSSR count). The third-order valence-corrected chi connectivity index (χ3v) is 2.09. The van der Waals surface area contributed by atoms with Crippen LogP contribution in [-0.2, 0) is 4.74 Å². The second-order valence-corrected chi connectivity index (χ2v) is 2.68. The van der Waals surface area contributed by atoms with Crippen LogP contribution in [0.4, 0.5) is 0 Å². The summed E-state index contributed by atoms with van der Waals surface area (Å²) in [7, 11) is 4.03. The molecule has 1 heterocycles. The Balaban J connectivity index is 2.24. The molecule has 0 unspecified atom stereocenters. The lowest BCUT2D eigenvalue weighted by molar-refractivity contribution is 0.0289. The van der Waals surface area contributed by atoms with E-state index >= 15 is 0 Å². The largest absolute Gasteiger partial charge is 0.381 e. The van der Waals surface area contributed by atoms with Crippen molar-refractivity contribution in [3.05, 3.63) is 0 Å². The molecule has 0 aliphatic carbocycles. The van der Waals surface area contributed by atoms with E-state index in [2.05, 4.69) is 17.5 Å². The Kier molecular flexibility index (Phi) is 3.12. The molecule has 1 aliphatic heterocycles. The van der Waals surface area contributed by atoms with Crippen LogP contribution in [0.25, 0.3) is 0 Å². The summed E-state index contributed by atoms with van der Waals surface area (Å²) in [6, 6.07) is 0.666.